The lowest BCUT2D eigenvalue weighted by Crippen LogP contribution is -2.31. The van der Waals surface area contributed by atoms with E-state index < -0.39 is 0 Å². The van der Waals surface area contributed by atoms with Crippen LogP contribution in [0.25, 0.3) is 55.8 Å². The maximum atomic E-state index is 2.53. The fourth-order valence-corrected chi connectivity index (χ4v) is 9.19. The molecular formula is C51H42N2. The third-order valence-electron chi connectivity index (χ3n) is 11.7. The summed E-state index contributed by atoms with van der Waals surface area (Å²) in [5.74, 6) is 0. The van der Waals surface area contributed by atoms with Crippen molar-refractivity contribution in [3.63, 3.8) is 0 Å². The molecule has 0 saturated heterocycles. The first kappa shape index (κ1) is 31.6. The van der Waals surface area contributed by atoms with E-state index in [4.69, 9.17) is 0 Å². The second kappa shape index (κ2) is 12.0. The second-order valence-corrected chi connectivity index (χ2v) is 15.5. The number of anilines is 3. The molecule has 0 unspecified atom stereocenters. The van der Waals surface area contributed by atoms with Crippen molar-refractivity contribution in [1.29, 1.82) is 0 Å². The number of benzene rings is 7. The van der Waals surface area contributed by atoms with Gasteiger partial charge in [-0.05, 0) is 132 Å². The Kier molecular flexibility index (Phi) is 7.14. The van der Waals surface area contributed by atoms with Gasteiger partial charge in [0.25, 0.3) is 0 Å². The molecule has 1 aromatic heterocycles. The molecule has 2 nitrogen and oxygen atoms in total. The average Bonchev–Trinajstić information content (AvgIpc) is 3.62. The van der Waals surface area contributed by atoms with E-state index in [1.165, 1.54) is 88.1 Å². The minimum atomic E-state index is -0.0781. The summed E-state index contributed by atoms with van der Waals surface area (Å²) in [7, 11) is 0. The molecule has 8 aromatic rings. The van der Waals surface area contributed by atoms with Crippen LogP contribution in [0.15, 0.2) is 152 Å². The number of rotatable bonds is 5. The maximum Gasteiger partial charge on any atom is 0.0538 e. The fourth-order valence-electron chi connectivity index (χ4n) is 9.19. The topological polar surface area (TPSA) is 8.17 Å². The Morgan fingerprint density at radius 3 is 2.13 bits per heavy atom. The first-order valence-corrected chi connectivity index (χ1v) is 18.9. The smallest absolute Gasteiger partial charge is 0.0538 e. The van der Waals surface area contributed by atoms with Crippen LogP contribution >= 0.6 is 0 Å². The van der Waals surface area contributed by atoms with Crippen LogP contribution in [0.5, 0.6) is 0 Å². The molecule has 0 amide bonds. The Hall–Kier alpha value is -6.12. The number of aromatic nitrogens is 1. The third-order valence-corrected chi connectivity index (χ3v) is 11.7. The molecule has 256 valence electrons. The van der Waals surface area contributed by atoms with E-state index in [1.54, 1.807) is 0 Å². The highest BCUT2D eigenvalue weighted by molar-refractivity contribution is 6.11. The molecule has 10 rings (SSSR count). The van der Waals surface area contributed by atoms with Gasteiger partial charge in [0, 0.05) is 44.2 Å². The van der Waals surface area contributed by atoms with E-state index in [1.807, 2.05) is 0 Å². The van der Waals surface area contributed by atoms with Gasteiger partial charge in [-0.3, -0.25) is 0 Å². The van der Waals surface area contributed by atoms with Gasteiger partial charge < -0.3 is 9.47 Å². The van der Waals surface area contributed by atoms with Gasteiger partial charge in [-0.1, -0.05) is 116 Å². The summed E-state index contributed by atoms with van der Waals surface area (Å²) in [6, 6.07) is 56.7. The number of hydrogen-bond acceptors (Lipinski definition) is 1. The lowest BCUT2D eigenvalue weighted by Gasteiger charge is -2.28. The van der Waals surface area contributed by atoms with Crippen LogP contribution < -0.4 is 15.3 Å². The molecule has 53 heavy (non-hydrogen) atoms. The Balaban J connectivity index is 1.15. The Morgan fingerprint density at radius 1 is 0.528 bits per heavy atom. The standard InChI is InChI=1S/C51H42N2/c1-33-21-25-49-44(29-33)45-31-36(22-26-50(45)53(49)48-20-12-14-35-13-8-9-17-41(35)48)37-27-34(2)28-40(30-37)52(38-15-6-5-7-16-38)39-23-24-43-42-18-10-11-19-46(42)51(3,4)47(43)32-39/h5-11,13-19,21-32H,12,20H2,1-4H3. The van der Waals surface area contributed by atoms with Gasteiger partial charge in [0.2, 0.25) is 0 Å². The second-order valence-electron chi connectivity index (χ2n) is 15.5. The van der Waals surface area contributed by atoms with Gasteiger partial charge in [0.05, 0.1) is 11.0 Å². The minimum absolute atomic E-state index is 0.0781. The van der Waals surface area contributed by atoms with Crippen molar-refractivity contribution in [3.05, 3.63) is 184 Å². The van der Waals surface area contributed by atoms with Crippen LogP contribution in [0.2, 0.25) is 0 Å². The minimum Gasteiger partial charge on any atom is -0.312 e. The van der Waals surface area contributed by atoms with Crippen LogP contribution in [-0.4, -0.2) is 4.57 Å². The van der Waals surface area contributed by atoms with Gasteiger partial charge in [-0.25, -0.2) is 0 Å². The summed E-state index contributed by atoms with van der Waals surface area (Å²) < 4.78 is 2.53. The van der Waals surface area contributed by atoms with Crippen molar-refractivity contribution in [1.82, 2.24) is 4.57 Å². The van der Waals surface area contributed by atoms with E-state index in [9.17, 15) is 0 Å². The quantitative estimate of drug-likeness (QED) is 0.175. The largest absolute Gasteiger partial charge is 0.312 e. The zero-order valence-corrected chi connectivity index (χ0v) is 30.8. The normalized spacial score (nSPS) is 14.2. The lowest BCUT2D eigenvalue weighted by molar-refractivity contribution is 0.660. The highest BCUT2D eigenvalue weighted by Crippen LogP contribution is 2.51. The zero-order valence-electron chi connectivity index (χ0n) is 30.8. The van der Waals surface area contributed by atoms with E-state index in [-0.39, 0.29) is 5.41 Å². The van der Waals surface area contributed by atoms with Crippen molar-refractivity contribution in [3.8, 4) is 22.3 Å². The number of hydrogen-bond donors (Lipinski definition) is 0. The number of para-hydroxylation sites is 1. The highest BCUT2D eigenvalue weighted by atomic mass is 15.1. The molecule has 0 atom stereocenters. The summed E-state index contributed by atoms with van der Waals surface area (Å²) in [5.41, 5.74) is 17.7. The van der Waals surface area contributed by atoms with E-state index in [0.717, 1.165) is 24.2 Å². The van der Waals surface area contributed by atoms with Crippen molar-refractivity contribution in [2.75, 3.05) is 4.90 Å². The first-order valence-electron chi connectivity index (χ1n) is 18.9. The third kappa shape index (κ3) is 5.00. The Bertz CT molecular complexity index is 2890. The molecule has 2 heteroatoms. The maximum absolute atomic E-state index is 2.53. The van der Waals surface area contributed by atoms with Gasteiger partial charge >= 0.3 is 0 Å². The van der Waals surface area contributed by atoms with Crippen LogP contribution in [0.4, 0.5) is 17.1 Å². The van der Waals surface area contributed by atoms with E-state index in [0.29, 0.717) is 0 Å². The summed E-state index contributed by atoms with van der Waals surface area (Å²) in [6.07, 6.45) is 4.45. The molecule has 0 spiro atoms. The average molecular weight is 683 g/mol. The molecule has 1 heterocycles. The van der Waals surface area contributed by atoms with E-state index in [2.05, 4.69) is 195 Å². The predicted octanol–water partition coefficient (Wildman–Crippen LogP) is 12.1. The molecule has 0 bridgehead atoms. The van der Waals surface area contributed by atoms with Crippen molar-refractivity contribution < 1.29 is 0 Å². The van der Waals surface area contributed by atoms with Crippen LogP contribution in [0.3, 0.4) is 0 Å². The molecule has 0 aliphatic heterocycles. The molecular weight excluding hydrogens is 641 g/mol. The number of nitrogens with zero attached hydrogens (tertiary/aromatic N) is 2. The van der Waals surface area contributed by atoms with Crippen molar-refractivity contribution in [2.24, 2.45) is 0 Å². The molecule has 0 fully saturated rings. The fraction of sp³-hybridized carbons (Fsp3) is 0.137. The van der Waals surface area contributed by atoms with Gasteiger partial charge in [-0.15, -0.1) is 0 Å². The Morgan fingerprint density at radius 2 is 1.26 bits per heavy atom. The van der Waals surface area contributed by atoms with Crippen LogP contribution in [-0.2, 0) is 5.41 Å². The van der Waals surface area contributed by atoms with E-state index >= 15 is 0 Å². The highest BCUT2D eigenvalue weighted by Gasteiger charge is 2.35. The van der Waals surface area contributed by atoms with Crippen molar-refractivity contribution >= 4 is 50.6 Å². The van der Waals surface area contributed by atoms with Gasteiger partial charge in [0.1, 0.15) is 0 Å². The molecule has 0 radical (unpaired) electrons. The van der Waals surface area contributed by atoms with Crippen molar-refractivity contribution in [2.45, 2.75) is 46.0 Å². The monoisotopic (exact) mass is 682 g/mol. The Labute approximate surface area is 311 Å². The number of aryl methyl sites for hydroxylation is 2. The first-order chi connectivity index (χ1) is 25.8. The zero-order chi connectivity index (χ0) is 35.8. The SMILES string of the molecule is Cc1cc(-c2ccc3c(c2)c2cc(C)ccc2n3C2=c3ccccc3=CCC2)cc(N(c2ccccc2)c2ccc3c(c2)C(C)(C)c2ccccc2-3)c1. The van der Waals surface area contributed by atoms with Crippen LogP contribution in [0.1, 0.15) is 48.9 Å². The molecule has 0 N–H and O–H groups in total. The molecule has 2 aliphatic carbocycles. The summed E-state index contributed by atoms with van der Waals surface area (Å²) in [4.78, 5) is 2.43. The van der Waals surface area contributed by atoms with Gasteiger partial charge in [-0.2, -0.15) is 0 Å². The summed E-state index contributed by atoms with van der Waals surface area (Å²) >= 11 is 0. The summed E-state index contributed by atoms with van der Waals surface area (Å²) in [6.45, 7) is 9.14. The predicted molar refractivity (Wildman–Crippen MR) is 225 cm³/mol. The van der Waals surface area contributed by atoms with Crippen LogP contribution in [0, 0.1) is 13.8 Å². The molecule has 2 aliphatic rings. The van der Waals surface area contributed by atoms with Gasteiger partial charge in [0.15, 0.2) is 0 Å². The number of fused-ring (bicyclic) bond motifs is 7. The molecule has 7 aromatic carbocycles. The summed E-state index contributed by atoms with van der Waals surface area (Å²) in [5, 5.41) is 5.27. The lowest BCUT2D eigenvalue weighted by atomic mass is 9.82. The molecule has 0 saturated carbocycles.